The van der Waals surface area contributed by atoms with Crippen LogP contribution in [0.3, 0.4) is 0 Å². The molecule has 5 heteroatoms. The van der Waals surface area contributed by atoms with Crippen LogP contribution in [0.15, 0.2) is 18.2 Å². The number of hydrogen-bond donors (Lipinski definition) is 1. The summed E-state index contributed by atoms with van der Waals surface area (Å²) in [7, 11) is 0. The molecular formula is C14H16ClFN2S. The fourth-order valence-corrected chi connectivity index (χ4v) is 3.03. The quantitative estimate of drug-likeness (QED) is 0.905. The van der Waals surface area contributed by atoms with Gasteiger partial charge in [-0.3, -0.25) is 0 Å². The van der Waals surface area contributed by atoms with Crippen molar-refractivity contribution in [1.82, 2.24) is 10.3 Å². The zero-order valence-electron chi connectivity index (χ0n) is 11.1. The van der Waals surface area contributed by atoms with Gasteiger partial charge < -0.3 is 5.32 Å². The Kier molecular flexibility index (Phi) is 4.55. The number of aromatic nitrogens is 1. The summed E-state index contributed by atoms with van der Waals surface area (Å²) in [6, 6.07) is 5.08. The van der Waals surface area contributed by atoms with E-state index in [2.05, 4.69) is 17.2 Å². The molecule has 0 spiro atoms. The summed E-state index contributed by atoms with van der Waals surface area (Å²) in [6.07, 6.45) is 0. The normalized spacial score (nSPS) is 12.7. The average Bonchev–Trinajstić information content (AvgIpc) is 2.70. The molecule has 0 saturated carbocycles. The predicted molar refractivity (Wildman–Crippen MR) is 78.3 cm³/mol. The maximum Gasteiger partial charge on any atom is 0.142 e. The molecule has 1 aromatic heterocycles. The van der Waals surface area contributed by atoms with Crippen molar-refractivity contribution in [1.29, 1.82) is 0 Å². The summed E-state index contributed by atoms with van der Waals surface area (Å²) in [6.45, 7) is 6.71. The molecule has 0 bridgehead atoms. The molecule has 1 aromatic carbocycles. The maximum atomic E-state index is 13.3. The van der Waals surface area contributed by atoms with E-state index in [1.165, 1.54) is 10.9 Å². The van der Waals surface area contributed by atoms with Crippen LogP contribution in [0.2, 0.25) is 5.02 Å². The topological polar surface area (TPSA) is 24.9 Å². The van der Waals surface area contributed by atoms with Crippen molar-refractivity contribution in [3.05, 3.63) is 50.2 Å². The Hall–Kier alpha value is -0.970. The zero-order chi connectivity index (χ0) is 14.0. The Balaban J connectivity index is 2.02. The molecular weight excluding hydrogens is 283 g/mol. The van der Waals surface area contributed by atoms with Crippen molar-refractivity contribution in [3.63, 3.8) is 0 Å². The standard InChI is InChI=1S/C14H16ClFN2S/c1-8(14-9(2)18-10(3)19-14)17-7-11-4-5-12(15)13(16)6-11/h4-6,8,17H,7H2,1-3H3. The smallest absolute Gasteiger partial charge is 0.142 e. The van der Waals surface area contributed by atoms with Crippen LogP contribution in [0.5, 0.6) is 0 Å². The van der Waals surface area contributed by atoms with Gasteiger partial charge in [0.1, 0.15) is 5.82 Å². The molecule has 0 aliphatic rings. The molecule has 0 amide bonds. The van der Waals surface area contributed by atoms with Gasteiger partial charge in [-0.05, 0) is 38.5 Å². The number of nitrogens with one attached hydrogen (secondary N) is 1. The van der Waals surface area contributed by atoms with Gasteiger partial charge in [0.05, 0.1) is 15.7 Å². The summed E-state index contributed by atoms with van der Waals surface area (Å²) in [5.74, 6) is -0.376. The van der Waals surface area contributed by atoms with E-state index in [9.17, 15) is 4.39 Å². The van der Waals surface area contributed by atoms with E-state index in [4.69, 9.17) is 11.6 Å². The van der Waals surface area contributed by atoms with E-state index >= 15 is 0 Å². The Morgan fingerprint density at radius 3 is 2.74 bits per heavy atom. The van der Waals surface area contributed by atoms with Gasteiger partial charge in [-0.15, -0.1) is 11.3 Å². The highest BCUT2D eigenvalue weighted by atomic mass is 35.5. The lowest BCUT2D eigenvalue weighted by atomic mass is 10.2. The van der Waals surface area contributed by atoms with Gasteiger partial charge in [-0.1, -0.05) is 17.7 Å². The number of halogens is 2. The third-order valence-corrected chi connectivity index (χ3v) is 4.49. The third-order valence-electron chi connectivity index (χ3n) is 2.93. The average molecular weight is 299 g/mol. The van der Waals surface area contributed by atoms with Gasteiger partial charge in [-0.2, -0.15) is 0 Å². The minimum absolute atomic E-state index is 0.158. The van der Waals surface area contributed by atoms with Crippen molar-refractivity contribution in [3.8, 4) is 0 Å². The second-order valence-electron chi connectivity index (χ2n) is 4.53. The Labute approximate surface area is 121 Å². The molecule has 1 unspecified atom stereocenters. The van der Waals surface area contributed by atoms with Crippen LogP contribution < -0.4 is 5.32 Å². The molecule has 0 saturated heterocycles. The third kappa shape index (κ3) is 3.53. The van der Waals surface area contributed by atoms with Crippen molar-refractivity contribution < 1.29 is 4.39 Å². The van der Waals surface area contributed by atoms with Crippen LogP contribution >= 0.6 is 22.9 Å². The fourth-order valence-electron chi connectivity index (χ4n) is 1.96. The number of benzene rings is 1. The molecule has 1 N–H and O–H groups in total. The number of thiazole rings is 1. The van der Waals surface area contributed by atoms with Crippen molar-refractivity contribution in [2.45, 2.75) is 33.4 Å². The van der Waals surface area contributed by atoms with Crippen molar-refractivity contribution in [2.75, 3.05) is 0 Å². The Morgan fingerprint density at radius 1 is 1.42 bits per heavy atom. The van der Waals surface area contributed by atoms with E-state index in [1.807, 2.05) is 19.9 Å². The van der Waals surface area contributed by atoms with E-state index in [-0.39, 0.29) is 16.9 Å². The molecule has 2 rings (SSSR count). The van der Waals surface area contributed by atoms with Gasteiger partial charge >= 0.3 is 0 Å². The monoisotopic (exact) mass is 298 g/mol. The van der Waals surface area contributed by atoms with Gasteiger partial charge in [0.25, 0.3) is 0 Å². The highest BCUT2D eigenvalue weighted by Crippen LogP contribution is 2.24. The first kappa shape index (κ1) is 14.4. The molecule has 0 fully saturated rings. The molecule has 2 nitrogen and oxygen atoms in total. The van der Waals surface area contributed by atoms with E-state index < -0.39 is 0 Å². The van der Waals surface area contributed by atoms with Gasteiger partial charge in [-0.25, -0.2) is 9.37 Å². The number of rotatable bonds is 4. The van der Waals surface area contributed by atoms with E-state index in [0.29, 0.717) is 6.54 Å². The molecule has 19 heavy (non-hydrogen) atoms. The number of aryl methyl sites for hydroxylation is 2. The van der Waals surface area contributed by atoms with Crippen molar-refractivity contribution >= 4 is 22.9 Å². The first-order chi connectivity index (χ1) is 8.97. The van der Waals surface area contributed by atoms with Crippen LogP contribution in [0, 0.1) is 19.7 Å². The minimum atomic E-state index is -0.376. The summed E-state index contributed by atoms with van der Waals surface area (Å²) in [4.78, 5) is 5.64. The van der Waals surface area contributed by atoms with Crippen LogP contribution in [-0.2, 0) is 6.54 Å². The summed E-state index contributed by atoms with van der Waals surface area (Å²) in [5, 5.41) is 4.60. The first-order valence-corrected chi connectivity index (χ1v) is 7.28. The Bertz CT molecular complexity index is 583. The van der Waals surface area contributed by atoms with Crippen LogP contribution in [0.25, 0.3) is 0 Å². The largest absolute Gasteiger partial charge is 0.305 e. The summed E-state index contributed by atoms with van der Waals surface area (Å²) in [5.41, 5.74) is 1.94. The second-order valence-corrected chi connectivity index (χ2v) is 6.18. The molecule has 2 aromatic rings. The number of nitrogens with zero attached hydrogens (tertiary/aromatic N) is 1. The molecule has 0 aliphatic carbocycles. The van der Waals surface area contributed by atoms with Crippen LogP contribution in [-0.4, -0.2) is 4.98 Å². The lowest BCUT2D eigenvalue weighted by Gasteiger charge is -2.13. The lowest BCUT2D eigenvalue weighted by molar-refractivity contribution is 0.573. The maximum absolute atomic E-state index is 13.3. The van der Waals surface area contributed by atoms with Crippen molar-refractivity contribution in [2.24, 2.45) is 0 Å². The first-order valence-electron chi connectivity index (χ1n) is 6.08. The minimum Gasteiger partial charge on any atom is -0.305 e. The Morgan fingerprint density at radius 2 is 2.16 bits per heavy atom. The molecule has 1 heterocycles. The van der Waals surface area contributed by atoms with Crippen LogP contribution in [0.1, 0.15) is 34.1 Å². The second kappa shape index (κ2) is 5.99. The molecule has 1 atom stereocenters. The lowest BCUT2D eigenvalue weighted by Crippen LogP contribution is -2.18. The van der Waals surface area contributed by atoms with Gasteiger partial charge in [0.15, 0.2) is 0 Å². The molecule has 102 valence electrons. The highest BCUT2D eigenvalue weighted by molar-refractivity contribution is 7.11. The SMILES string of the molecule is Cc1nc(C)c(C(C)NCc2ccc(Cl)c(F)c2)s1. The predicted octanol–water partition coefficient (Wildman–Crippen LogP) is 4.40. The van der Waals surface area contributed by atoms with Gasteiger partial charge in [0.2, 0.25) is 0 Å². The summed E-state index contributed by atoms with van der Waals surface area (Å²) >= 11 is 7.36. The summed E-state index contributed by atoms with van der Waals surface area (Å²) < 4.78 is 13.3. The zero-order valence-corrected chi connectivity index (χ0v) is 12.7. The molecule has 0 radical (unpaired) electrons. The van der Waals surface area contributed by atoms with Crippen LogP contribution in [0.4, 0.5) is 4.39 Å². The number of hydrogen-bond acceptors (Lipinski definition) is 3. The fraction of sp³-hybridized carbons (Fsp3) is 0.357. The van der Waals surface area contributed by atoms with E-state index in [1.54, 1.807) is 17.4 Å². The highest BCUT2D eigenvalue weighted by Gasteiger charge is 2.12. The van der Waals surface area contributed by atoms with Gasteiger partial charge in [0, 0.05) is 17.5 Å². The van der Waals surface area contributed by atoms with E-state index in [0.717, 1.165) is 16.3 Å². The molecule has 0 aliphatic heterocycles.